The van der Waals surface area contributed by atoms with E-state index < -0.39 is 47.2 Å². The number of rotatable bonds is 15. The number of aliphatic hydroxyl groups is 1. The van der Waals surface area contributed by atoms with E-state index in [4.69, 9.17) is 13.7 Å². The molecular weight excluding hydrogens is 470 g/mol. The van der Waals surface area contributed by atoms with Crippen LogP contribution in [0.3, 0.4) is 0 Å². The van der Waals surface area contributed by atoms with Gasteiger partial charge in [-0.25, -0.2) is 9.59 Å². The van der Waals surface area contributed by atoms with Gasteiger partial charge >= 0.3 is 12.1 Å². The SMILES string of the molecule is CC(=O)NCCCS(=O)(=O)OCC(C)(C)[C@@H](O)C(=O)OCOC(=O)OCCCc1ccccc1. The number of nitrogens with one attached hydrogen (secondary N) is 1. The summed E-state index contributed by atoms with van der Waals surface area (Å²) < 4.78 is 43.0. The van der Waals surface area contributed by atoms with Crippen molar-refractivity contribution in [3.8, 4) is 0 Å². The number of ether oxygens (including phenoxy) is 3. The lowest BCUT2D eigenvalue weighted by Gasteiger charge is -2.28. The first kappa shape index (κ1) is 29.3. The van der Waals surface area contributed by atoms with E-state index in [1.54, 1.807) is 0 Å². The summed E-state index contributed by atoms with van der Waals surface area (Å²) in [4.78, 5) is 34.4. The second kappa shape index (κ2) is 14.5. The Morgan fingerprint density at radius 2 is 1.74 bits per heavy atom. The highest BCUT2D eigenvalue weighted by atomic mass is 32.2. The first-order valence-corrected chi connectivity index (χ1v) is 12.3. The lowest BCUT2D eigenvalue weighted by atomic mass is 9.88. The molecule has 1 aromatic carbocycles. The molecule has 12 heteroatoms. The third-order valence-electron chi connectivity index (χ3n) is 4.57. The number of aryl methyl sites for hydroxylation is 1. The predicted octanol–water partition coefficient (Wildman–Crippen LogP) is 1.53. The molecule has 0 fully saturated rings. The van der Waals surface area contributed by atoms with Crippen molar-refractivity contribution < 1.29 is 46.3 Å². The minimum Gasteiger partial charge on any atom is -0.434 e. The van der Waals surface area contributed by atoms with Gasteiger partial charge in [-0.05, 0) is 24.8 Å². The fraction of sp³-hybridized carbons (Fsp3) is 0.591. The van der Waals surface area contributed by atoms with Crippen molar-refractivity contribution in [1.29, 1.82) is 0 Å². The van der Waals surface area contributed by atoms with E-state index in [0.29, 0.717) is 6.42 Å². The molecule has 0 aliphatic heterocycles. The second-order valence-electron chi connectivity index (χ2n) is 8.16. The van der Waals surface area contributed by atoms with Gasteiger partial charge < -0.3 is 24.6 Å². The molecule has 0 spiro atoms. The van der Waals surface area contributed by atoms with Crippen LogP contribution in [0.15, 0.2) is 30.3 Å². The summed E-state index contributed by atoms with van der Waals surface area (Å²) in [6.45, 7) is 3.16. The molecule has 192 valence electrons. The number of carbonyl (C=O) groups is 3. The minimum absolute atomic E-state index is 0.119. The minimum atomic E-state index is -3.93. The van der Waals surface area contributed by atoms with E-state index in [1.165, 1.54) is 20.8 Å². The summed E-state index contributed by atoms with van der Waals surface area (Å²) in [5.41, 5.74) is -0.216. The Kier molecular flexibility index (Phi) is 12.5. The van der Waals surface area contributed by atoms with Crippen LogP contribution in [0.4, 0.5) is 4.79 Å². The van der Waals surface area contributed by atoms with Crippen LogP contribution in [0.25, 0.3) is 0 Å². The third-order valence-corrected chi connectivity index (χ3v) is 5.84. The molecular formula is C22H33NO10S. The van der Waals surface area contributed by atoms with E-state index in [9.17, 15) is 27.9 Å². The zero-order valence-electron chi connectivity index (χ0n) is 19.7. The van der Waals surface area contributed by atoms with Crippen molar-refractivity contribution >= 4 is 28.1 Å². The highest BCUT2D eigenvalue weighted by Gasteiger charge is 2.36. The zero-order chi connectivity index (χ0) is 25.6. The highest BCUT2D eigenvalue weighted by molar-refractivity contribution is 7.86. The predicted molar refractivity (Wildman–Crippen MR) is 121 cm³/mol. The topological polar surface area (TPSA) is 155 Å². The number of carbonyl (C=O) groups excluding carboxylic acids is 3. The van der Waals surface area contributed by atoms with Crippen molar-refractivity contribution in [3.05, 3.63) is 35.9 Å². The van der Waals surface area contributed by atoms with Gasteiger partial charge in [0, 0.05) is 18.9 Å². The maximum Gasteiger partial charge on any atom is 0.511 e. The van der Waals surface area contributed by atoms with Gasteiger partial charge in [-0.3, -0.25) is 8.98 Å². The Morgan fingerprint density at radius 1 is 1.06 bits per heavy atom. The molecule has 11 nitrogen and oxygen atoms in total. The largest absolute Gasteiger partial charge is 0.511 e. The van der Waals surface area contributed by atoms with Gasteiger partial charge in [-0.1, -0.05) is 44.2 Å². The molecule has 1 aromatic rings. The fourth-order valence-corrected chi connectivity index (χ4v) is 3.64. The Labute approximate surface area is 199 Å². The van der Waals surface area contributed by atoms with Crippen molar-refractivity contribution in [3.63, 3.8) is 0 Å². The number of hydrogen-bond donors (Lipinski definition) is 2. The van der Waals surface area contributed by atoms with Gasteiger partial charge in [0.15, 0.2) is 6.10 Å². The van der Waals surface area contributed by atoms with Crippen molar-refractivity contribution in [2.75, 3.05) is 32.3 Å². The fourth-order valence-electron chi connectivity index (χ4n) is 2.54. The summed E-state index contributed by atoms with van der Waals surface area (Å²) in [6.07, 6.45) is -1.32. The summed E-state index contributed by atoms with van der Waals surface area (Å²) >= 11 is 0. The molecule has 0 aliphatic rings. The molecule has 0 bridgehead atoms. The van der Waals surface area contributed by atoms with Gasteiger partial charge in [-0.15, -0.1) is 0 Å². The number of benzene rings is 1. The van der Waals surface area contributed by atoms with Gasteiger partial charge in [0.05, 0.1) is 19.0 Å². The molecule has 1 rings (SSSR count). The number of aliphatic hydroxyl groups excluding tert-OH is 1. The molecule has 1 atom stereocenters. The van der Waals surface area contributed by atoms with Crippen LogP contribution in [0.1, 0.15) is 39.2 Å². The Balaban J connectivity index is 2.28. The maximum atomic E-state index is 12.0. The molecule has 0 aromatic heterocycles. The molecule has 0 unspecified atom stereocenters. The number of esters is 1. The second-order valence-corrected chi connectivity index (χ2v) is 9.92. The molecule has 1 amide bonds. The van der Waals surface area contributed by atoms with Crippen molar-refractivity contribution in [2.24, 2.45) is 5.41 Å². The molecule has 34 heavy (non-hydrogen) atoms. The quantitative estimate of drug-likeness (QED) is 0.156. The van der Waals surface area contributed by atoms with Crippen LogP contribution >= 0.6 is 0 Å². The summed E-state index contributed by atoms with van der Waals surface area (Å²) in [7, 11) is -3.93. The highest BCUT2D eigenvalue weighted by Crippen LogP contribution is 2.23. The third kappa shape index (κ3) is 12.5. The van der Waals surface area contributed by atoms with Crippen LogP contribution in [-0.4, -0.2) is 70.0 Å². The Bertz CT molecular complexity index is 886. The van der Waals surface area contributed by atoms with Crippen LogP contribution in [0.5, 0.6) is 0 Å². The zero-order valence-corrected chi connectivity index (χ0v) is 20.5. The Morgan fingerprint density at radius 3 is 2.38 bits per heavy atom. The standard InChI is InChI=1S/C22H33NO10S/c1-17(24)23-12-8-14-34(28,29)33-15-22(2,3)19(25)20(26)31-16-32-21(27)30-13-7-11-18-9-5-4-6-10-18/h4-6,9-10,19,25H,7-8,11-16H2,1-3H3,(H,23,24)/t19-/m0/s1. The van der Waals surface area contributed by atoms with Crippen molar-refractivity contribution in [2.45, 2.75) is 46.1 Å². The molecule has 2 N–H and O–H groups in total. The lowest BCUT2D eigenvalue weighted by Crippen LogP contribution is -2.42. The van der Waals surface area contributed by atoms with Crippen LogP contribution in [0.2, 0.25) is 0 Å². The van der Waals surface area contributed by atoms with Crippen LogP contribution in [0, 0.1) is 5.41 Å². The van der Waals surface area contributed by atoms with Crippen molar-refractivity contribution in [1.82, 2.24) is 5.32 Å². The average molecular weight is 504 g/mol. The molecule has 0 saturated carbocycles. The van der Waals surface area contributed by atoms with Crippen LogP contribution < -0.4 is 5.32 Å². The van der Waals surface area contributed by atoms with E-state index in [1.807, 2.05) is 30.3 Å². The Hall–Kier alpha value is -2.70. The molecule has 0 radical (unpaired) electrons. The number of hydrogen-bond acceptors (Lipinski definition) is 10. The first-order valence-electron chi connectivity index (χ1n) is 10.7. The van der Waals surface area contributed by atoms with Gasteiger partial charge in [0.1, 0.15) is 0 Å². The van der Waals surface area contributed by atoms with Gasteiger partial charge in [-0.2, -0.15) is 8.42 Å². The smallest absolute Gasteiger partial charge is 0.434 e. The van der Waals surface area contributed by atoms with Crippen LogP contribution in [-0.2, 0) is 44.5 Å². The van der Waals surface area contributed by atoms with E-state index in [0.717, 1.165) is 12.0 Å². The lowest BCUT2D eigenvalue weighted by molar-refractivity contribution is -0.170. The maximum absolute atomic E-state index is 12.0. The van der Waals surface area contributed by atoms with Gasteiger partial charge in [0.25, 0.3) is 10.1 Å². The summed E-state index contributed by atoms with van der Waals surface area (Å²) in [5.74, 6) is -1.74. The monoisotopic (exact) mass is 503 g/mol. The first-order chi connectivity index (χ1) is 15.9. The molecule has 0 heterocycles. The van der Waals surface area contributed by atoms with Gasteiger partial charge in [0.2, 0.25) is 12.7 Å². The summed E-state index contributed by atoms with van der Waals surface area (Å²) in [6, 6.07) is 9.65. The molecule has 0 saturated heterocycles. The summed E-state index contributed by atoms with van der Waals surface area (Å²) in [5, 5.41) is 12.7. The van der Waals surface area contributed by atoms with E-state index >= 15 is 0 Å². The van der Waals surface area contributed by atoms with E-state index in [-0.39, 0.29) is 31.2 Å². The number of amides is 1. The average Bonchev–Trinajstić information content (AvgIpc) is 2.78. The molecule has 0 aliphatic carbocycles. The normalized spacial score (nSPS) is 12.5. The van der Waals surface area contributed by atoms with E-state index in [2.05, 4.69) is 10.1 Å².